The van der Waals surface area contributed by atoms with Crippen molar-refractivity contribution in [2.24, 2.45) is 5.92 Å². The molecule has 1 aliphatic heterocycles. The third kappa shape index (κ3) is 4.62. The van der Waals surface area contributed by atoms with Crippen LogP contribution in [0.15, 0.2) is 35.7 Å². The molecule has 142 valence electrons. The van der Waals surface area contributed by atoms with Crippen molar-refractivity contribution in [1.29, 1.82) is 0 Å². The number of nitro groups is 1. The molecule has 1 unspecified atom stereocenters. The quantitative estimate of drug-likeness (QED) is 0.613. The second-order valence-electron chi connectivity index (χ2n) is 6.44. The van der Waals surface area contributed by atoms with Crippen LogP contribution < -0.4 is 10.6 Å². The fourth-order valence-corrected chi connectivity index (χ4v) is 3.61. The summed E-state index contributed by atoms with van der Waals surface area (Å²) in [5, 5.41) is 19.2. The normalized spacial score (nSPS) is 16.6. The molecule has 1 aromatic heterocycles. The molecular formula is C18H20N4O4S. The number of piperidine rings is 1. The Morgan fingerprint density at radius 3 is 2.81 bits per heavy atom. The number of rotatable bonds is 4. The minimum Gasteiger partial charge on any atom is -0.325 e. The van der Waals surface area contributed by atoms with Gasteiger partial charge in [-0.2, -0.15) is 0 Å². The first-order valence-electron chi connectivity index (χ1n) is 8.59. The molecule has 2 heterocycles. The summed E-state index contributed by atoms with van der Waals surface area (Å²) in [4.78, 5) is 37.1. The van der Waals surface area contributed by atoms with E-state index in [0.717, 1.165) is 17.0 Å². The maximum atomic E-state index is 12.6. The Hall–Kier alpha value is -2.94. The molecule has 2 aromatic rings. The molecule has 0 aliphatic carbocycles. The van der Waals surface area contributed by atoms with Crippen LogP contribution in [-0.2, 0) is 4.79 Å². The highest BCUT2D eigenvalue weighted by molar-refractivity contribution is 7.14. The predicted octanol–water partition coefficient (Wildman–Crippen LogP) is 3.85. The van der Waals surface area contributed by atoms with Crippen molar-refractivity contribution >= 4 is 39.7 Å². The van der Waals surface area contributed by atoms with E-state index < -0.39 is 4.92 Å². The van der Waals surface area contributed by atoms with Gasteiger partial charge in [-0.1, -0.05) is 6.07 Å². The van der Waals surface area contributed by atoms with Gasteiger partial charge in [0.05, 0.1) is 21.5 Å². The van der Waals surface area contributed by atoms with E-state index in [-0.39, 0.29) is 23.5 Å². The summed E-state index contributed by atoms with van der Waals surface area (Å²) >= 11 is 1.44. The highest BCUT2D eigenvalue weighted by Crippen LogP contribution is 2.25. The zero-order chi connectivity index (χ0) is 19.4. The Morgan fingerprint density at radius 1 is 1.30 bits per heavy atom. The fraction of sp³-hybridized carbons (Fsp3) is 0.333. The number of carbonyl (C=O) groups excluding carboxylic acids is 2. The number of hydrogen-bond donors (Lipinski definition) is 2. The highest BCUT2D eigenvalue weighted by Gasteiger charge is 2.29. The Morgan fingerprint density at radius 2 is 2.11 bits per heavy atom. The average Bonchev–Trinajstić information content (AvgIpc) is 3.16. The molecule has 3 amide bonds. The van der Waals surface area contributed by atoms with E-state index in [1.165, 1.54) is 23.5 Å². The number of thiophene rings is 1. The number of likely N-dealkylation sites (tertiary alicyclic amines) is 1. The van der Waals surface area contributed by atoms with E-state index in [4.69, 9.17) is 0 Å². The number of amides is 3. The number of urea groups is 1. The number of non-ortho nitro benzene ring substituents is 1. The lowest BCUT2D eigenvalue weighted by molar-refractivity contribution is -0.384. The van der Waals surface area contributed by atoms with Gasteiger partial charge < -0.3 is 10.2 Å². The molecule has 27 heavy (non-hydrogen) atoms. The van der Waals surface area contributed by atoms with E-state index in [2.05, 4.69) is 10.6 Å². The molecule has 0 spiro atoms. The van der Waals surface area contributed by atoms with Gasteiger partial charge in [-0.25, -0.2) is 4.79 Å². The van der Waals surface area contributed by atoms with Gasteiger partial charge in [0.15, 0.2) is 0 Å². The van der Waals surface area contributed by atoms with Crippen LogP contribution in [0.2, 0.25) is 0 Å². The van der Waals surface area contributed by atoms with Crippen molar-refractivity contribution in [3.8, 4) is 0 Å². The van der Waals surface area contributed by atoms with E-state index in [1.54, 1.807) is 17.9 Å². The smallest absolute Gasteiger partial charge is 0.322 e. The molecule has 1 fully saturated rings. The summed E-state index contributed by atoms with van der Waals surface area (Å²) in [6, 6.07) is 7.83. The molecule has 0 saturated carbocycles. The summed E-state index contributed by atoms with van der Waals surface area (Å²) < 4.78 is 0. The van der Waals surface area contributed by atoms with E-state index >= 15 is 0 Å². The number of nitrogens with zero attached hydrogens (tertiary/aromatic N) is 2. The maximum absolute atomic E-state index is 12.6. The van der Waals surface area contributed by atoms with Crippen LogP contribution in [0.4, 0.5) is 21.2 Å². The maximum Gasteiger partial charge on any atom is 0.322 e. The summed E-state index contributed by atoms with van der Waals surface area (Å²) in [7, 11) is 0. The van der Waals surface area contributed by atoms with Crippen LogP contribution in [0.5, 0.6) is 0 Å². The van der Waals surface area contributed by atoms with Crippen LogP contribution in [0, 0.1) is 23.0 Å². The van der Waals surface area contributed by atoms with Gasteiger partial charge in [0, 0.05) is 25.2 Å². The minimum absolute atomic E-state index is 0.0727. The predicted molar refractivity (Wildman–Crippen MR) is 104 cm³/mol. The molecule has 0 radical (unpaired) electrons. The molecule has 9 heteroatoms. The Labute approximate surface area is 160 Å². The number of aryl methyl sites for hydroxylation is 1. The highest BCUT2D eigenvalue weighted by atomic mass is 32.1. The summed E-state index contributed by atoms with van der Waals surface area (Å²) in [6.45, 7) is 2.69. The van der Waals surface area contributed by atoms with E-state index in [0.29, 0.717) is 25.2 Å². The summed E-state index contributed by atoms with van der Waals surface area (Å²) in [6.07, 6.45) is 1.40. The second kappa shape index (κ2) is 8.17. The summed E-state index contributed by atoms with van der Waals surface area (Å²) in [5.41, 5.74) is 1.10. The average molecular weight is 388 g/mol. The Bertz CT molecular complexity index is 853. The molecule has 2 N–H and O–H groups in total. The minimum atomic E-state index is -0.494. The lowest BCUT2D eigenvalue weighted by Crippen LogP contribution is -2.45. The number of nitro benzene ring substituents is 1. The van der Waals surface area contributed by atoms with Gasteiger partial charge in [0.25, 0.3) is 5.69 Å². The fourth-order valence-electron chi connectivity index (χ4n) is 3.00. The topological polar surface area (TPSA) is 105 Å². The SMILES string of the molecule is Cc1ccc([N+](=O)[O-])cc1NC(=O)C1CCCN(C(=O)Nc2cccs2)C1. The van der Waals surface area contributed by atoms with Crippen molar-refractivity contribution in [1.82, 2.24) is 4.90 Å². The number of carbonyl (C=O) groups is 2. The molecule has 1 aromatic carbocycles. The lowest BCUT2D eigenvalue weighted by atomic mass is 9.97. The molecule has 0 bridgehead atoms. The Kier molecular flexibility index (Phi) is 5.70. The van der Waals surface area contributed by atoms with Crippen molar-refractivity contribution in [3.63, 3.8) is 0 Å². The van der Waals surface area contributed by atoms with Gasteiger partial charge in [0.2, 0.25) is 5.91 Å². The monoisotopic (exact) mass is 388 g/mol. The van der Waals surface area contributed by atoms with Gasteiger partial charge in [0.1, 0.15) is 0 Å². The third-order valence-corrected chi connectivity index (χ3v) is 5.31. The van der Waals surface area contributed by atoms with Crippen molar-refractivity contribution in [3.05, 3.63) is 51.4 Å². The molecule has 8 nitrogen and oxygen atoms in total. The first kappa shape index (κ1) is 18.8. The number of hydrogen-bond acceptors (Lipinski definition) is 5. The van der Waals surface area contributed by atoms with Crippen LogP contribution >= 0.6 is 11.3 Å². The first-order valence-corrected chi connectivity index (χ1v) is 9.47. The zero-order valence-electron chi connectivity index (χ0n) is 14.8. The van der Waals surface area contributed by atoms with Crippen LogP contribution in [0.25, 0.3) is 0 Å². The lowest BCUT2D eigenvalue weighted by Gasteiger charge is -2.32. The van der Waals surface area contributed by atoms with Crippen molar-refractivity contribution < 1.29 is 14.5 Å². The number of benzene rings is 1. The zero-order valence-corrected chi connectivity index (χ0v) is 15.6. The van der Waals surface area contributed by atoms with Crippen molar-refractivity contribution in [2.75, 3.05) is 23.7 Å². The first-order chi connectivity index (χ1) is 12.9. The van der Waals surface area contributed by atoms with Crippen molar-refractivity contribution in [2.45, 2.75) is 19.8 Å². The van der Waals surface area contributed by atoms with Gasteiger partial charge in [-0.15, -0.1) is 11.3 Å². The van der Waals surface area contributed by atoms with Crippen LogP contribution in [0.3, 0.4) is 0 Å². The third-order valence-electron chi connectivity index (χ3n) is 4.52. The number of nitrogens with one attached hydrogen (secondary N) is 2. The molecular weight excluding hydrogens is 368 g/mol. The molecule has 1 atom stereocenters. The molecule has 1 aliphatic rings. The van der Waals surface area contributed by atoms with Gasteiger partial charge in [-0.05, 0) is 42.8 Å². The largest absolute Gasteiger partial charge is 0.325 e. The van der Waals surface area contributed by atoms with Gasteiger partial charge in [-0.3, -0.25) is 20.2 Å². The standard InChI is InChI=1S/C18H20N4O4S/c1-12-6-7-14(22(25)26)10-15(12)19-17(23)13-4-2-8-21(11-13)18(24)20-16-5-3-9-27-16/h3,5-7,9-10,13H,2,4,8,11H2,1H3,(H,19,23)(H,20,24). The van der Waals surface area contributed by atoms with Crippen LogP contribution in [0.1, 0.15) is 18.4 Å². The molecule has 1 saturated heterocycles. The Balaban J connectivity index is 1.64. The second-order valence-corrected chi connectivity index (χ2v) is 7.39. The molecule has 3 rings (SSSR count). The van der Waals surface area contributed by atoms with Crippen LogP contribution in [-0.4, -0.2) is 34.9 Å². The van der Waals surface area contributed by atoms with E-state index in [1.807, 2.05) is 17.5 Å². The van der Waals surface area contributed by atoms with E-state index in [9.17, 15) is 19.7 Å². The number of anilines is 2. The summed E-state index contributed by atoms with van der Waals surface area (Å²) in [5.74, 6) is -0.585. The van der Waals surface area contributed by atoms with Gasteiger partial charge >= 0.3 is 6.03 Å².